The molecule has 1 aliphatic carbocycles. The molecule has 0 unspecified atom stereocenters. The van der Waals surface area contributed by atoms with Gasteiger partial charge in [0.25, 0.3) is 0 Å². The highest BCUT2D eigenvalue weighted by Crippen LogP contribution is 2.64. The van der Waals surface area contributed by atoms with Crippen molar-refractivity contribution < 1.29 is 0 Å². The molecule has 3 heteroatoms. The Kier molecular flexibility index (Phi) is 9.33. The second-order valence-corrected chi connectivity index (χ2v) is 19.4. The monoisotopic (exact) mass is 908 g/mol. The van der Waals surface area contributed by atoms with E-state index < -0.39 is 5.41 Å². The molecule has 70 heavy (non-hydrogen) atoms. The van der Waals surface area contributed by atoms with Crippen molar-refractivity contribution in [3.8, 4) is 44.5 Å². The van der Waals surface area contributed by atoms with Crippen molar-refractivity contribution in [2.24, 2.45) is 0 Å². The summed E-state index contributed by atoms with van der Waals surface area (Å²) < 4.78 is 2.63. The van der Waals surface area contributed by atoms with Crippen molar-refractivity contribution in [1.82, 2.24) is 0 Å². The lowest BCUT2D eigenvalue weighted by Gasteiger charge is -2.45. The molecule has 12 aromatic rings. The van der Waals surface area contributed by atoms with Gasteiger partial charge in [0.2, 0.25) is 0 Å². The Hall–Kier alpha value is -8.76. The standard InChI is InChI=1S/C67H44N2S/c1-3-19-46(20-4-1)51-23-7-8-24-52(51)55-26-10-15-31-62(55)68(49-38-35-45(36-39-49)47-37-41-57-56-27-11-18-34-65(56)70-66(57)43-47)50-40-42-54-53-25-9-12-28-58(53)67(61(54)44-50)59-29-13-16-32-63(59)69(48-21-5-2-6-22-48)64-33-17-14-30-60(64)67/h1-44H. The molecule has 2 aliphatic rings. The molecule has 0 fully saturated rings. The average molecular weight is 909 g/mol. The number of hydrogen-bond acceptors (Lipinski definition) is 3. The zero-order chi connectivity index (χ0) is 46.2. The summed E-state index contributed by atoms with van der Waals surface area (Å²) >= 11 is 1.87. The van der Waals surface area contributed by atoms with Gasteiger partial charge < -0.3 is 9.80 Å². The van der Waals surface area contributed by atoms with Crippen LogP contribution in [0.4, 0.5) is 34.1 Å². The van der Waals surface area contributed by atoms with Crippen LogP contribution in [0, 0.1) is 0 Å². The van der Waals surface area contributed by atoms with E-state index in [1.807, 2.05) is 11.3 Å². The number of nitrogens with zero attached hydrogens (tertiary/aromatic N) is 2. The molecule has 1 aromatic heterocycles. The SMILES string of the molecule is c1ccc(-c2ccccc2-c2ccccc2N(c2ccc(-c3ccc4c(c3)sc3ccccc34)cc2)c2ccc3c(c2)C2(c4ccccc4-3)c3ccccc3N(c3ccccc3)c3ccccc32)cc1. The number of benzene rings is 11. The number of thiophene rings is 1. The molecule has 0 atom stereocenters. The normalized spacial score (nSPS) is 12.9. The van der Waals surface area contributed by atoms with Crippen LogP contribution in [-0.4, -0.2) is 0 Å². The molecule has 0 radical (unpaired) electrons. The molecule has 328 valence electrons. The Bertz CT molecular complexity index is 3920. The molecular formula is C67H44N2S. The van der Waals surface area contributed by atoms with Gasteiger partial charge in [-0.05, 0) is 128 Å². The third kappa shape index (κ3) is 6.12. The first-order chi connectivity index (χ1) is 34.7. The first-order valence-corrected chi connectivity index (χ1v) is 24.9. The molecule has 0 saturated carbocycles. The predicted octanol–water partition coefficient (Wildman–Crippen LogP) is 18.7. The summed E-state index contributed by atoms with van der Waals surface area (Å²) in [6.45, 7) is 0. The van der Waals surface area contributed by atoms with Crippen molar-refractivity contribution in [2.45, 2.75) is 5.41 Å². The fourth-order valence-electron chi connectivity index (χ4n) is 11.7. The molecule has 1 spiro atoms. The highest BCUT2D eigenvalue weighted by Gasteiger charge is 2.51. The third-order valence-electron chi connectivity index (χ3n) is 14.7. The van der Waals surface area contributed by atoms with Gasteiger partial charge in [-0.25, -0.2) is 0 Å². The number of para-hydroxylation sites is 4. The molecule has 11 aromatic carbocycles. The van der Waals surface area contributed by atoms with E-state index in [2.05, 4.69) is 277 Å². The Labute approximate surface area is 412 Å². The maximum absolute atomic E-state index is 2.50. The van der Waals surface area contributed by atoms with Crippen LogP contribution in [-0.2, 0) is 5.41 Å². The van der Waals surface area contributed by atoms with Crippen LogP contribution < -0.4 is 9.80 Å². The minimum absolute atomic E-state index is 0.597. The van der Waals surface area contributed by atoms with Crippen LogP contribution >= 0.6 is 11.3 Å². The molecule has 0 saturated heterocycles. The van der Waals surface area contributed by atoms with Gasteiger partial charge in [0.05, 0.1) is 22.5 Å². The van der Waals surface area contributed by atoms with Crippen LogP contribution in [0.1, 0.15) is 22.3 Å². The predicted molar refractivity (Wildman–Crippen MR) is 296 cm³/mol. The van der Waals surface area contributed by atoms with Gasteiger partial charge in [0, 0.05) is 42.8 Å². The average Bonchev–Trinajstić information content (AvgIpc) is 3.95. The fraction of sp³-hybridized carbons (Fsp3) is 0.0149. The van der Waals surface area contributed by atoms with Crippen molar-refractivity contribution >= 4 is 65.6 Å². The van der Waals surface area contributed by atoms with E-state index in [1.165, 1.54) is 92.7 Å². The van der Waals surface area contributed by atoms with Gasteiger partial charge >= 0.3 is 0 Å². The molecule has 0 amide bonds. The van der Waals surface area contributed by atoms with Gasteiger partial charge in [-0.2, -0.15) is 0 Å². The highest BCUT2D eigenvalue weighted by molar-refractivity contribution is 7.25. The van der Waals surface area contributed by atoms with Gasteiger partial charge in [-0.3, -0.25) is 0 Å². The van der Waals surface area contributed by atoms with E-state index in [0.717, 1.165) is 28.3 Å². The van der Waals surface area contributed by atoms with Crippen molar-refractivity contribution in [3.63, 3.8) is 0 Å². The summed E-state index contributed by atoms with van der Waals surface area (Å²) in [6.07, 6.45) is 0. The van der Waals surface area contributed by atoms with E-state index in [0.29, 0.717) is 0 Å². The molecule has 2 nitrogen and oxygen atoms in total. The molecule has 0 N–H and O–H groups in total. The zero-order valence-electron chi connectivity index (χ0n) is 38.2. The summed E-state index contributed by atoms with van der Waals surface area (Å²) in [7, 11) is 0. The van der Waals surface area contributed by atoms with E-state index in [9.17, 15) is 0 Å². The quantitative estimate of drug-likeness (QED) is 0.157. The number of anilines is 6. The Morgan fingerprint density at radius 1 is 0.314 bits per heavy atom. The summed E-state index contributed by atoms with van der Waals surface area (Å²) in [5, 5.41) is 2.63. The molecular weight excluding hydrogens is 865 g/mol. The van der Waals surface area contributed by atoms with Crippen LogP contribution in [0.5, 0.6) is 0 Å². The van der Waals surface area contributed by atoms with Gasteiger partial charge in [0.15, 0.2) is 0 Å². The first kappa shape index (κ1) is 40.3. The van der Waals surface area contributed by atoms with Crippen molar-refractivity contribution in [2.75, 3.05) is 9.80 Å². The van der Waals surface area contributed by atoms with Gasteiger partial charge in [0.1, 0.15) is 0 Å². The van der Waals surface area contributed by atoms with Crippen molar-refractivity contribution in [3.05, 3.63) is 289 Å². The maximum Gasteiger partial charge on any atom is 0.0755 e. The van der Waals surface area contributed by atoms with E-state index in [1.54, 1.807) is 0 Å². The number of rotatable bonds is 7. The smallest absolute Gasteiger partial charge is 0.0755 e. The Morgan fingerprint density at radius 3 is 1.61 bits per heavy atom. The minimum atomic E-state index is -0.597. The molecule has 2 heterocycles. The molecule has 0 bridgehead atoms. The van der Waals surface area contributed by atoms with Crippen LogP contribution in [0.3, 0.4) is 0 Å². The van der Waals surface area contributed by atoms with Crippen LogP contribution in [0.2, 0.25) is 0 Å². The number of fused-ring (bicyclic) bond motifs is 12. The fourth-order valence-corrected chi connectivity index (χ4v) is 12.9. The Morgan fingerprint density at radius 2 is 0.857 bits per heavy atom. The van der Waals surface area contributed by atoms with Gasteiger partial charge in [-0.1, -0.05) is 200 Å². The van der Waals surface area contributed by atoms with E-state index >= 15 is 0 Å². The largest absolute Gasteiger partial charge is 0.310 e. The lowest BCUT2D eigenvalue weighted by atomic mass is 9.64. The van der Waals surface area contributed by atoms with Crippen LogP contribution in [0.15, 0.2) is 267 Å². The minimum Gasteiger partial charge on any atom is -0.310 e. The molecule has 14 rings (SSSR count). The summed E-state index contributed by atoms with van der Waals surface area (Å²) in [5.41, 5.74) is 21.0. The van der Waals surface area contributed by atoms with Crippen LogP contribution in [0.25, 0.3) is 64.7 Å². The highest BCUT2D eigenvalue weighted by atomic mass is 32.1. The lowest BCUT2D eigenvalue weighted by Crippen LogP contribution is -2.36. The lowest BCUT2D eigenvalue weighted by molar-refractivity contribution is 0.752. The summed E-state index contributed by atoms with van der Waals surface area (Å²) in [5.74, 6) is 0. The topological polar surface area (TPSA) is 6.48 Å². The summed E-state index contributed by atoms with van der Waals surface area (Å²) in [6, 6.07) is 98.7. The van der Waals surface area contributed by atoms with E-state index in [4.69, 9.17) is 0 Å². The molecule has 1 aliphatic heterocycles. The second kappa shape index (κ2) is 16.2. The van der Waals surface area contributed by atoms with Gasteiger partial charge in [-0.15, -0.1) is 11.3 Å². The third-order valence-corrected chi connectivity index (χ3v) is 15.8. The maximum atomic E-state index is 2.50. The van der Waals surface area contributed by atoms with Crippen molar-refractivity contribution in [1.29, 1.82) is 0 Å². The van der Waals surface area contributed by atoms with E-state index in [-0.39, 0.29) is 0 Å². The Balaban J connectivity index is 0.996. The summed E-state index contributed by atoms with van der Waals surface area (Å²) in [4.78, 5) is 4.94. The second-order valence-electron chi connectivity index (χ2n) is 18.4. The number of hydrogen-bond donors (Lipinski definition) is 0. The zero-order valence-corrected chi connectivity index (χ0v) is 39.0. The first-order valence-electron chi connectivity index (χ1n) is 24.1.